The molecule has 0 bridgehead atoms. The molecule has 1 rings (SSSR count). The van der Waals surface area contributed by atoms with Crippen LogP contribution in [0.3, 0.4) is 0 Å². The Kier molecular flexibility index (Phi) is 5.95. The first-order valence-corrected chi connectivity index (χ1v) is 6.24. The van der Waals surface area contributed by atoms with Gasteiger partial charge in [0, 0.05) is 27.1 Å². The zero-order valence-electron chi connectivity index (χ0n) is 10.8. The zero-order chi connectivity index (χ0) is 13.5. The van der Waals surface area contributed by atoms with E-state index in [1.165, 1.54) is 0 Å². The molecule has 0 atom stereocenters. The molecule has 0 fully saturated rings. The number of nitrogens with zero attached hydrogens (tertiary/aromatic N) is 1. The van der Waals surface area contributed by atoms with Gasteiger partial charge in [0.15, 0.2) is 0 Å². The van der Waals surface area contributed by atoms with Crippen molar-refractivity contribution in [1.82, 2.24) is 4.90 Å². The minimum atomic E-state index is 0.100. The number of carbonyl (C=O) groups is 1. The largest absolute Gasteiger partial charge is 0.492 e. The summed E-state index contributed by atoms with van der Waals surface area (Å²) < 4.78 is 5.52. The number of amides is 1. The third-order valence-corrected chi connectivity index (χ3v) is 2.82. The van der Waals surface area contributed by atoms with E-state index in [0.717, 1.165) is 5.56 Å². The molecule has 0 unspecified atom stereocenters. The van der Waals surface area contributed by atoms with Crippen molar-refractivity contribution >= 4 is 17.5 Å². The third-order valence-electron chi connectivity index (χ3n) is 2.52. The normalized spacial score (nSPS) is 10.2. The van der Waals surface area contributed by atoms with Gasteiger partial charge >= 0.3 is 0 Å². The van der Waals surface area contributed by atoms with Gasteiger partial charge in [-0.05, 0) is 24.1 Å². The average molecular weight is 271 g/mol. The van der Waals surface area contributed by atoms with E-state index in [0.29, 0.717) is 36.8 Å². The van der Waals surface area contributed by atoms with Gasteiger partial charge in [-0.1, -0.05) is 17.7 Å². The van der Waals surface area contributed by atoms with Crippen LogP contribution in [0.4, 0.5) is 0 Å². The highest BCUT2D eigenvalue weighted by molar-refractivity contribution is 6.32. The molecule has 0 radical (unpaired) electrons. The Bertz CT molecular complexity index is 408. The Labute approximate surface area is 113 Å². The fraction of sp³-hybridized carbons (Fsp3) is 0.462. The fourth-order valence-electron chi connectivity index (χ4n) is 1.42. The maximum Gasteiger partial charge on any atom is 0.222 e. The molecule has 0 saturated heterocycles. The van der Waals surface area contributed by atoms with E-state index in [4.69, 9.17) is 22.1 Å². The number of ether oxygens (including phenoxy) is 1. The molecule has 0 aliphatic carbocycles. The van der Waals surface area contributed by atoms with E-state index in [1.54, 1.807) is 31.1 Å². The zero-order valence-corrected chi connectivity index (χ0v) is 11.5. The highest BCUT2D eigenvalue weighted by atomic mass is 35.5. The van der Waals surface area contributed by atoms with Gasteiger partial charge in [0.25, 0.3) is 0 Å². The second-order valence-corrected chi connectivity index (χ2v) is 4.62. The molecule has 0 aliphatic rings. The average Bonchev–Trinajstić information content (AvgIpc) is 2.35. The molecule has 5 heteroatoms. The molecule has 1 amide bonds. The van der Waals surface area contributed by atoms with Crippen molar-refractivity contribution in [3.05, 3.63) is 28.8 Å². The molecule has 0 heterocycles. The number of carbonyl (C=O) groups excluding carboxylic acids is 1. The van der Waals surface area contributed by atoms with Crippen LogP contribution in [-0.4, -0.2) is 31.5 Å². The lowest BCUT2D eigenvalue weighted by molar-refractivity contribution is -0.128. The maximum absolute atomic E-state index is 11.3. The first-order valence-electron chi connectivity index (χ1n) is 5.86. The quantitative estimate of drug-likeness (QED) is 0.805. The molecule has 18 heavy (non-hydrogen) atoms. The summed E-state index contributed by atoms with van der Waals surface area (Å²) in [5, 5.41) is 0.553. The molecule has 0 spiro atoms. The molecule has 0 aliphatic heterocycles. The predicted molar refractivity (Wildman–Crippen MR) is 72.8 cm³/mol. The second kappa shape index (κ2) is 7.24. The number of hydrogen-bond donors (Lipinski definition) is 1. The van der Waals surface area contributed by atoms with Gasteiger partial charge in [-0.25, -0.2) is 0 Å². The molecule has 1 aromatic rings. The van der Waals surface area contributed by atoms with Crippen molar-refractivity contribution in [2.24, 2.45) is 5.73 Å². The number of rotatable bonds is 6. The van der Waals surface area contributed by atoms with Crippen molar-refractivity contribution in [1.29, 1.82) is 0 Å². The van der Waals surface area contributed by atoms with Gasteiger partial charge in [0.05, 0.1) is 11.6 Å². The van der Waals surface area contributed by atoms with E-state index < -0.39 is 0 Å². The first-order chi connectivity index (χ1) is 8.54. The van der Waals surface area contributed by atoms with Crippen molar-refractivity contribution in [2.45, 2.75) is 19.4 Å². The monoisotopic (exact) mass is 270 g/mol. The van der Waals surface area contributed by atoms with Crippen molar-refractivity contribution in [3.8, 4) is 5.75 Å². The third kappa shape index (κ3) is 4.55. The van der Waals surface area contributed by atoms with Crippen molar-refractivity contribution in [3.63, 3.8) is 0 Å². The SMILES string of the molecule is CN(C)C(=O)CCCOc1ccc(CN)cc1Cl. The molecule has 4 nitrogen and oxygen atoms in total. The summed E-state index contributed by atoms with van der Waals surface area (Å²) in [7, 11) is 3.48. The van der Waals surface area contributed by atoms with E-state index >= 15 is 0 Å². The molecular formula is C13H19ClN2O2. The van der Waals surface area contributed by atoms with E-state index in [9.17, 15) is 4.79 Å². The van der Waals surface area contributed by atoms with Crippen LogP contribution in [0.1, 0.15) is 18.4 Å². The van der Waals surface area contributed by atoms with Crippen LogP contribution in [0.5, 0.6) is 5.75 Å². The van der Waals surface area contributed by atoms with Gasteiger partial charge < -0.3 is 15.4 Å². The molecule has 1 aromatic carbocycles. The lowest BCUT2D eigenvalue weighted by Crippen LogP contribution is -2.21. The minimum absolute atomic E-state index is 0.100. The number of hydrogen-bond acceptors (Lipinski definition) is 3. The summed E-state index contributed by atoms with van der Waals surface area (Å²) in [6.45, 7) is 0.929. The highest BCUT2D eigenvalue weighted by Gasteiger charge is 2.05. The van der Waals surface area contributed by atoms with Gasteiger partial charge in [-0.3, -0.25) is 4.79 Å². The summed E-state index contributed by atoms with van der Waals surface area (Å²) in [6.07, 6.45) is 1.15. The van der Waals surface area contributed by atoms with E-state index in [1.807, 2.05) is 6.07 Å². The first kappa shape index (κ1) is 14.8. The minimum Gasteiger partial charge on any atom is -0.492 e. The summed E-state index contributed by atoms with van der Waals surface area (Å²) in [5.74, 6) is 0.731. The summed E-state index contributed by atoms with van der Waals surface area (Å²) in [4.78, 5) is 12.9. The summed E-state index contributed by atoms with van der Waals surface area (Å²) in [6, 6.07) is 5.48. The van der Waals surface area contributed by atoms with Crippen LogP contribution in [0, 0.1) is 0 Å². The van der Waals surface area contributed by atoms with E-state index in [-0.39, 0.29) is 5.91 Å². The van der Waals surface area contributed by atoms with E-state index in [2.05, 4.69) is 0 Å². The Balaban J connectivity index is 2.38. The standard InChI is InChI=1S/C13H19ClN2O2/c1-16(2)13(17)4-3-7-18-12-6-5-10(9-15)8-11(12)14/h5-6,8H,3-4,7,9,15H2,1-2H3. The smallest absolute Gasteiger partial charge is 0.222 e. The molecular weight excluding hydrogens is 252 g/mol. The molecule has 2 N–H and O–H groups in total. The van der Waals surface area contributed by atoms with Gasteiger partial charge in [-0.2, -0.15) is 0 Å². The Morgan fingerprint density at radius 2 is 2.17 bits per heavy atom. The molecule has 0 saturated carbocycles. The van der Waals surface area contributed by atoms with Crippen LogP contribution in [-0.2, 0) is 11.3 Å². The lowest BCUT2D eigenvalue weighted by atomic mass is 10.2. The second-order valence-electron chi connectivity index (χ2n) is 4.21. The van der Waals surface area contributed by atoms with Crippen LogP contribution >= 0.6 is 11.6 Å². The Morgan fingerprint density at radius 1 is 1.44 bits per heavy atom. The topological polar surface area (TPSA) is 55.6 Å². The molecule has 0 aromatic heterocycles. The van der Waals surface area contributed by atoms with Crippen LogP contribution in [0.15, 0.2) is 18.2 Å². The fourth-order valence-corrected chi connectivity index (χ4v) is 1.68. The van der Waals surface area contributed by atoms with Gasteiger partial charge in [0.2, 0.25) is 5.91 Å². The summed E-state index contributed by atoms with van der Waals surface area (Å²) in [5.41, 5.74) is 6.48. The summed E-state index contributed by atoms with van der Waals surface area (Å²) >= 11 is 6.04. The Hall–Kier alpha value is -1.26. The van der Waals surface area contributed by atoms with Crippen molar-refractivity contribution < 1.29 is 9.53 Å². The predicted octanol–water partition coefficient (Wildman–Crippen LogP) is 2.05. The highest BCUT2D eigenvalue weighted by Crippen LogP contribution is 2.25. The maximum atomic E-state index is 11.3. The van der Waals surface area contributed by atoms with Crippen LogP contribution in [0.2, 0.25) is 5.02 Å². The Morgan fingerprint density at radius 3 is 2.72 bits per heavy atom. The number of benzene rings is 1. The van der Waals surface area contributed by atoms with Gasteiger partial charge in [-0.15, -0.1) is 0 Å². The van der Waals surface area contributed by atoms with Crippen LogP contribution in [0.25, 0.3) is 0 Å². The van der Waals surface area contributed by atoms with Gasteiger partial charge in [0.1, 0.15) is 5.75 Å². The number of halogens is 1. The van der Waals surface area contributed by atoms with Crippen molar-refractivity contribution in [2.75, 3.05) is 20.7 Å². The van der Waals surface area contributed by atoms with Crippen LogP contribution < -0.4 is 10.5 Å². The number of nitrogens with two attached hydrogens (primary N) is 1. The molecule has 100 valence electrons. The lowest BCUT2D eigenvalue weighted by Gasteiger charge is -2.11.